The minimum Gasteiger partial charge on any atom is -0.461 e. The molecule has 2 aliphatic rings. The number of alkyl halides is 1. The fraction of sp³-hybridized carbons (Fsp3) is 0.900. The number of nitrogens with zero attached hydrogens (tertiary/aromatic N) is 1. The average Bonchev–Trinajstić information content (AvgIpc) is 2.42. The van der Waals surface area contributed by atoms with Gasteiger partial charge < -0.3 is 9.64 Å². The number of hydrogen-bond donors (Lipinski definition) is 0. The summed E-state index contributed by atoms with van der Waals surface area (Å²) in [6, 6.07) is 1.23. The molecule has 15 heavy (non-hydrogen) atoms. The molecule has 0 N–H and O–H groups in total. The van der Waals surface area contributed by atoms with E-state index in [9.17, 15) is 4.79 Å². The van der Waals surface area contributed by atoms with Crippen molar-refractivity contribution in [2.24, 2.45) is 0 Å². The number of fused-ring (bicyclic) bond motifs is 2. The van der Waals surface area contributed by atoms with E-state index in [1.54, 1.807) is 0 Å². The molecular weight excluding hydrogens is 237 g/mol. The second kappa shape index (κ2) is 5.37. The lowest BCUT2D eigenvalue weighted by atomic mass is 10.0. The van der Waals surface area contributed by atoms with Gasteiger partial charge in [-0.2, -0.15) is 0 Å². The first-order valence-corrected chi connectivity index (χ1v) is 5.71. The van der Waals surface area contributed by atoms with Gasteiger partial charge in [-0.15, -0.1) is 24.0 Å². The number of halogens is 2. The Hall–Kier alpha value is 0.01000. The van der Waals surface area contributed by atoms with Crippen LogP contribution in [0.2, 0.25) is 0 Å². The van der Waals surface area contributed by atoms with Gasteiger partial charge in [0.1, 0.15) is 12.0 Å². The van der Waals surface area contributed by atoms with Crippen LogP contribution in [-0.4, -0.2) is 42.0 Å². The predicted molar refractivity (Wildman–Crippen MR) is 61.7 cm³/mol. The van der Waals surface area contributed by atoms with Crippen LogP contribution in [0.3, 0.4) is 0 Å². The Balaban J connectivity index is 0.00000112. The number of carbonyl (C=O) groups excluding carboxylic acids is 1. The third-order valence-electron chi connectivity index (χ3n) is 3.46. The highest BCUT2D eigenvalue weighted by molar-refractivity contribution is 6.26. The highest BCUT2D eigenvalue weighted by atomic mass is 35.5. The van der Waals surface area contributed by atoms with Gasteiger partial charge in [0.15, 0.2) is 0 Å². The monoisotopic (exact) mass is 253 g/mol. The minimum atomic E-state index is -0.277. The lowest BCUT2D eigenvalue weighted by molar-refractivity contribution is -0.149. The SMILES string of the molecule is CN1C2CCC1CC(OC(=O)CCl)C2.Cl. The molecule has 2 heterocycles. The molecule has 2 unspecified atom stereocenters. The van der Waals surface area contributed by atoms with Crippen LogP contribution >= 0.6 is 24.0 Å². The molecule has 2 saturated heterocycles. The average molecular weight is 254 g/mol. The van der Waals surface area contributed by atoms with Crippen LogP contribution in [0.25, 0.3) is 0 Å². The molecule has 2 aliphatic heterocycles. The van der Waals surface area contributed by atoms with Gasteiger partial charge in [-0.25, -0.2) is 0 Å². The van der Waals surface area contributed by atoms with Crippen molar-refractivity contribution in [3.8, 4) is 0 Å². The van der Waals surface area contributed by atoms with Crippen LogP contribution in [0.15, 0.2) is 0 Å². The fourth-order valence-electron chi connectivity index (χ4n) is 2.68. The maximum Gasteiger partial charge on any atom is 0.321 e. The normalized spacial score (nSPS) is 34.7. The maximum atomic E-state index is 11.0. The van der Waals surface area contributed by atoms with Crippen LogP contribution in [0, 0.1) is 0 Å². The van der Waals surface area contributed by atoms with E-state index in [2.05, 4.69) is 11.9 Å². The molecule has 0 radical (unpaired) electrons. The second-order valence-electron chi connectivity index (χ2n) is 4.27. The van der Waals surface area contributed by atoms with Crippen molar-refractivity contribution in [3.05, 3.63) is 0 Å². The summed E-state index contributed by atoms with van der Waals surface area (Å²) < 4.78 is 5.27. The van der Waals surface area contributed by atoms with Crippen LogP contribution in [-0.2, 0) is 9.53 Å². The molecule has 2 bridgehead atoms. The Morgan fingerprint density at radius 3 is 2.40 bits per heavy atom. The van der Waals surface area contributed by atoms with Gasteiger partial charge in [0.25, 0.3) is 0 Å². The Morgan fingerprint density at radius 2 is 1.93 bits per heavy atom. The number of carbonyl (C=O) groups is 1. The lowest BCUT2D eigenvalue weighted by Crippen LogP contribution is -2.43. The molecule has 0 aliphatic carbocycles. The molecule has 2 fully saturated rings. The number of esters is 1. The third kappa shape index (κ3) is 2.77. The zero-order valence-corrected chi connectivity index (χ0v) is 10.4. The van der Waals surface area contributed by atoms with E-state index in [0.29, 0.717) is 12.1 Å². The van der Waals surface area contributed by atoms with Crippen molar-refractivity contribution in [2.75, 3.05) is 12.9 Å². The molecule has 0 aromatic carbocycles. The van der Waals surface area contributed by atoms with Gasteiger partial charge in [0.2, 0.25) is 0 Å². The first-order valence-electron chi connectivity index (χ1n) is 5.18. The van der Waals surface area contributed by atoms with Crippen molar-refractivity contribution in [1.82, 2.24) is 4.90 Å². The summed E-state index contributed by atoms with van der Waals surface area (Å²) >= 11 is 5.40. The van der Waals surface area contributed by atoms with E-state index in [-0.39, 0.29) is 30.4 Å². The van der Waals surface area contributed by atoms with E-state index in [4.69, 9.17) is 16.3 Å². The molecule has 5 heteroatoms. The number of hydrogen-bond acceptors (Lipinski definition) is 3. The van der Waals surface area contributed by atoms with Crippen molar-refractivity contribution < 1.29 is 9.53 Å². The Kier molecular flexibility index (Phi) is 4.68. The van der Waals surface area contributed by atoms with Gasteiger partial charge in [0, 0.05) is 12.1 Å². The van der Waals surface area contributed by atoms with Crippen molar-refractivity contribution >= 4 is 30.0 Å². The van der Waals surface area contributed by atoms with Crippen molar-refractivity contribution in [2.45, 2.75) is 43.9 Å². The first-order chi connectivity index (χ1) is 6.70. The van der Waals surface area contributed by atoms with Gasteiger partial charge in [-0.3, -0.25) is 4.79 Å². The molecule has 2 atom stereocenters. The summed E-state index contributed by atoms with van der Waals surface area (Å²) in [4.78, 5) is 13.4. The van der Waals surface area contributed by atoms with Crippen LogP contribution in [0.5, 0.6) is 0 Å². The van der Waals surface area contributed by atoms with Gasteiger partial charge >= 0.3 is 5.97 Å². The van der Waals surface area contributed by atoms with E-state index in [1.165, 1.54) is 12.8 Å². The topological polar surface area (TPSA) is 29.5 Å². The zero-order valence-electron chi connectivity index (χ0n) is 8.82. The van der Waals surface area contributed by atoms with Crippen molar-refractivity contribution in [1.29, 1.82) is 0 Å². The molecule has 0 aromatic rings. The number of rotatable bonds is 2. The highest BCUT2D eigenvalue weighted by Crippen LogP contribution is 2.35. The van der Waals surface area contributed by atoms with E-state index in [0.717, 1.165) is 12.8 Å². The van der Waals surface area contributed by atoms with Gasteiger partial charge in [-0.05, 0) is 32.7 Å². The predicted octanol–water partition coefficient (Wildman–Crippen LogP) is 1.82. The molecule has 0 saturated carbocycles. The van der Waals surface area contributed by atoms with E-state index < -0.39 is 0 Å². The van der Waals surface area contributed by atoms with E-state index in [1.807, 2.05) is 0 Å². The van der Waals surface area contributed by atoms with Crippen LogP contribution < -0.4 is 0 Å². The zero-order chi connectivity index (χ0) is 10.1. The van der Waals surface area contributed by atoms with Gasteiger partial charge in [0.05, 0.1) is 0 Å². The minimum absolute atomic E-state index is 0. The molecule has 3 nitrogen and oxygen atoms in total. The van der Waals surface area contributed by atoms with E-state index >= 15 is 0 Å². The Labute approximate surface area is 102 Å². The number of piperidine rings is 1. The standard InChI is InChI=1S/C10H16ClNO2.ClH/c1-12-7-2-3-8(12)5-9(4-7)14-10(13)6-11;/h7-9H,2-6H2,1H3;1H. The van der Waals surface area contributed by atoms with Crippen molar-refractivity contribution in [3.63, 3.8) is 0 Å². The highest BCUT2D eigenvalue weighted by Gasteiger charge is 2.39. The quantitative estimate of drug-likeness (QED) is 0.556. The Morgan fingerprint density at radius 1 is 1.40 bits per heavy atom. The summed E-state index contributed by atoms with van der Waals surface area (Å²) in [6.45, 7) is 0. The smallest absolute Gasteiger partial charge is 0.321 e. The fourth-order valence-corrected chi connectivity index (χ4v) is 2.74. The third-order valence-corrected chi connectivity index (χ3v) is 3.68. The summed E-state index contributed by atoms with van der Waals surface area (Å²) in [7, 11) is 2.17. The summed E-state index contributed by atoms with van der Waals surface area (Å²) in [5.41, 5.74) is 0. The molecule has 0 amide bonds. The first kappa shape index (κ1) is 13.1. The van der Waals surface area contributed by atoms with Crippen LogP contribution in [0.1, 0.15) is 25.7 Å². The summed E-state index contributed by atoms with van der Waals surface area (Å²) in [5, 5.41) is 0. The summed E-state index contributed by atoms with van der Waals surface area (Å²) in [5.74, 6) is -0.303. The molecule has 0 aromatic heterocycles. The van der Waals surface area contributed by atoms with Gasteiger partial charge in [-0.1, -0.05) is 0 Å². The maximum absolute atomic E-state index is 11.0. The number of ether oxygens (including phenoxy) is 1. The molecule has 0 spiro atoms. The molecular formula is C10H17Cl2NO2. The lowest BCUT2D eigenvalue weighted by Gasteiger charge is -2.35. The largest absolute Gasteiger partial charge is 0.461 e. The second-order valence-corrected chi connectivity index (χ2v) is 4.53. The Bertz CT molecular complexity index is 223. The molecule has 88 valence electrons. The molecule has 2 rings (SSSR count). The summed E-state index contributed by atoms with van der Waals surface area (Å²) in [6.07, 6.45) is 4.56. The van der Waals surface area contributed by atoms with Crippen LogP contribution in [0.4, 0.5) is 0 Å².